The number of rotatable bonds is 26. The summed E-state index contributed by atoms with van der Waals surface area (Å²) < 4.78 is 23.9. The molecule has 0 bridgehead atoms. The van der Waals surface area contributed by atoms with E-state index in [1.807, 2.05) is 121 Å². The molecule has 2 amide bonds. The normalized spacial score (nSPS) is 15.7. The van der Waals surface area contributed by atoms with Crippen molar-refractivity contribution < 1.29 is 38.1 Å². The van der Waals surface area contributed by atoms with Gasteiger partial charge in [0.1, 0.15) is 23.0 Å². The monoisotopic (exact) mass is 1040 g/mol. The number of benzene rings is 8. The molecule has 9 rings (SSSR count). The molecule has 0 unspecified atom stereocenters. The summed E-state index contributed by atoms with van der Waals surface area (Å²) in [6.07, 6.45) is 13.9. The highest BCUT2D eigenvalue weighted by molar-refractivity contribution is 6.02. The van der Waals surface area contributed by atoms with Gasteiger partial charge in [-0.1, -0.05) is 163 Å². The second kappa shape index (κ2) is 27.2. The Morgan fingerprint density at radius 1 is 0.372 bits per heavy atom. The minimum atomic E-state index is -0.699. The van der Waals surface area contributed by atoms with Crippen molar-refractivity contribution >= 4 is 56.7 Å². The number of esters is 2. The smallest absolute Gasteiger partial charge is 0.343 e. The van der Waals surface area contributed by atoms with Gasteiger partial charge >= 0.3 is 11.9 Å². The van der Waals surface area contributed by atoms with Crippen molar-refractivity contribution in [2.45, 2.75) is 103 Å². The SMILES string of the molecule is CCCCCCCCOc1ccc(C2C(C(=O)Nc3ccc(C(=O)Oc4ccc5ccccc5c4)cc3)C(c3ccc(OCCCCCCCC)cc3)C2C(=O)Nc2ccc(C(=O)Oc3ccc4ccccc4c3)cc2)cc1. The lowest BCUT2D eigenvalue weighted by atomic mass is 9.52. The molecule has 0 radical (unpaired) electrons. The second-order valence-electron chi connectivity index (χ2n) is 20.4. The fourth-order valence-corrected chi connectivity index (χ4v) is 10.6. The number of unbranched alkanes of at least 4 members (excludes halogenated alkanes) is 10. The lowest BCUT2D eigenvalue weighted by Gasteiger charge is -2.50. The zero-order chi connectivity index (χ0) is 54.1. The van der Waals surface area contributed by atoms with Gasteiger partial charge in [-0.3, -0.25) is 9.59 Å². The number of carbonyl (C=O) groups is 4. The van der Waals surface area contributed by atoms with Gasteiger partial charge in [0, 0.05) is 23.2 Å². The van der Waals surface area contributed by atoms with Crippen LogP contribution in [0.2, 0.25) is 0 Å². The third-order valence-electron chi connectivity index (χ3n) is 14.9. The molecule has 0 saturated heterocycles. The fourth-order valence-electron chi connectivity index (χ4n) is 10.6. The molecule has 8 aromatic rings. The van der Waals surface area contributed by atoms with Gasteiger partial charge in [-0.25, -0.2) is 9.59 Å². The molecule has 0 atom stereocenters. The average Bonchev–Trinajstić information content (AvgIpc) is 3.61. The third-order valence-corrected chi connectivity index (χ3v) is 14.9. The summed E-state index contributed by atoms with van der Waals surface area (Å²) in [7, 11) is 0. The van der Waals surface area contributed by atoms with Crippen LogP contribution in [0, 0.1) is 11.8 Å². The van der Waals surface area contributed by atoms with Crippen molar-refractivity contribution in [3.05, 3.63) is 204 Å². The van der Waals surface area contributed by atoms with Gasteiger partial charge in [0.05, 0.1) is 36.2 Å². The van der Waals surface area contributed by atoms with Crippen LogP contribution in [0.1, 0.15) is 135 Å². The Hall–Kier alpha value is -8.24. The van der Waals surface area contributed by atoms with E-state index in [9.17, 15) is 19.2 Å². The summed E-state index contributed by atoms with van der Waals surface area (Å²) in [6.45, 7) is 5.63. The summed E-state index contributed by atoms with van der Waals surface area (Å²) in [6, 6.07) is 55.6. The van der Waals surface area contributed by atoms with Gasteiger partial charge < -0.3 is 29.6 Å². The summed E-state index contributed by atoms with van der Waals surface area (Å²) in [5.74, 6) is -1.80. The van der Waals surface area contributed by atoms with Crippen LogP contribution in [0.5, 0.6) is 23.0 Å². The van der Waals surface area contributed by atoms with Crippen molar-refractivity contribution in [3.8, 4) is 23.0 Å². The average molecular weight is 1040 g/mol. The van der Waals surface area contributed by atoms with Gasteiger partial charge in [0.2, 0.25) is 11.8 Å². The van der Waals surface area contributed by atoms with Crippen molar-refractivity contribution in [1.29, 1.82) is 0 Å². The first kappa shape index (κ1) is 54.5. The Kier molecular flexibility index (Phi) is 19.0. The van der Waals surface area contributed by atoms with Gasteiger partial charge in [0.25, 0.3) is 0 Å². The van der Waals surface area contributed by atoms with E-state index in [2.05, 4.69) is 24.5 Å². The zero-order valence-electron chi connectivity index (χ0n) is 44.8. The first-order chi connectivity index (χ1) is 38.2. The maximum Gasteiger partial charge on any atom is 0.343 e. The third kappa shape index (κ3) is 14.2. The highest BCUT2D eigenvalue weighted by Crippen LogP contribution is 2.58. The molecule has 1 saturated carbocycles. The largest absolute Gasteiger partial charge is 0.494 e. The number of fused-ring (bicyclic) bond motifs is 2. The number of hydrogen-bond donors (Lipinski definition) is 2. The van der Waals surface area contributed by atoms with Gasteiger partial charge in [-0.15, -0.1) is 0 Å². The maximum atomic E-state index is 15.0. The molecule has 0 spiro atoms. The quantitative estimate of drug-likeness (QED) is 0.0312. The molecule has 0 heterocycles. The minimum Gasteiger partial charge on any atom is -0.494 e. The molecule has 0 aromatic heterocycles. The Balaban J connectivity index is 0.957. The van der Waals surface area contributed by atoms with Crippen molar-refractivity contribution in [1.82, 2.24) is 0 Å². The molecule has 1 fully saturated rings. The van der Waals surface area contributed by atoms with Crippen LogP contribution in [-0.2, 0) is 9.59 Å². The standard InChI is InChI=1S/C68H70N2O8/c1-3-5-7-9-11-17-43-75-57-37-29-49(30-38-57)61-63(65(71)69-55-33-23-51(24-34-55)67(73)77-59-41-27-47-19-13-15-21-53(47)45-59)62(50-31-39-58(40-32-50)76-44-18-12-10-8-6-4-2)64(61)66(72)70-56-35-25-52(26-36-56)68(74)78-60-42-28-48-20-14-16-22-54(48)46-60/h13-16,19-42,45-46,61-64H,3-12,17-18,43-44H2,1-2H3,(H,69,71)(H,70,72). The van der Waals surface area contributed by atoms with E-state index in [1.165, 1.54) is 51.4 Å². The van der Waals surface area contributed by atoms with Gasteiger partial charge in [-0.2, -0.15) is 0 Å². The van der Waals surface area contributed by atoms with Crippen LogP contribution in [0.25, 0.3) is 21.5 Å². The lowest BCUT2D eigenvalue weighted by molar-refractivity contribution is -0.134. The number of amides is 2. The summed E-state index contributed by atoms with van der Waals surface area (Å²) in [5, 5.41) is 10.3. The Bertz CT molecular complexity index is 3040. The van der Waals surface area contributed by atoms with Crippen molar-refractivity contribution in [3.63, 3.8) is 0 Å². The van der Waals surface area contributed by atoms with Gasteiger partial charge in [-0.05, 0) is 143 Å². The molecular formula is C68H70N2O8. The number of anilines is 2. The molecule has 2 N–H and O–H groups in total. The summed E-state index contributed by atoms with van der Waals surface area (Å²) in [4.78, 5) is 56.7. The minimum absolute atomic E-state index is 0.276. The molecule has 400 valence electrons. The molecule has 78 heavy (non-hydrogen) atoms. The second-order valence-corrected chi connectivity index (χ2v) is 20.4. The predicted molar refractivity (Wildman–Crippen MR) is 311 cm³/mol. The zero-order valence-corrected chi connectivity index (χ0v) is 44.8. The molecule has 1 aliphatic carbocycles. The van der Waals surface area contributed by atoms with Crippen molar-refractivity contribution in [2.24, 2.45) is 11.8 Å². The fraction of sp³-hybridized carbons (Fsp3) is 0.294. The Morgan fingerprint density at radius 3 is 1.10 bits per heavy atom. The first-order valence-electron chi connectivity index (χ1n) is 27.9. The number of hydrogen-bond acceptors (Lipinski definition) is 8. The first-order valence-corrected chi connectivity index (χ1v) is 27.9. The van der Waals surface area contributed by atoms with Crippen LogP contribution in [0.4, 0.5) is 11.4 Å². The topological polar surface area (TPSA) is 129 Å². The molecule has 8 aromatic carbocycles. The number of nitrogens with one attached hydrogen (secondary N) is 2. The highest BCUT2D eigenvalue weighted by Gasteiger charge is 2.58. The predicted octanol–water partition coefficient (Wildman–Crippen LogP) is 16.3. The Labute approximate surface area is 458 Å². The molecule has 10 heteroatoms. The number of ether oxygens (including phenoxy) is 4. The lowest BCUT2D eigenvalue weighted by Crippen LogP contribution is -2.53. The molecule has 1 aliphatic rings. The van der Waals surface area contributed by atoms with Crippen LogP contribution in [0.15, 0.2) is 182 Å². The summed E-state index contributed by atoms with van der Waals surface area (Å²) in [5.41, 5.74) is 3.26. The van der Waals surface area contributed by atoms with Gasteiger partial charge in [0.15, 0.2) is 0 Å². The van der Waals surface area contributed by atoms with Crippen LogP contribution < -0.4 is 29.6 Å². The van der Waals surface area contributed by atoms with E-state index < -0.39 is 35.6 Å². The molecular weight excluding hydrogens is 973 g/mol. The van der Waals surface area contributed by atoms with E-state index in [1.54, 1.807) is 60.7 Å². The Morgan fingerprint density at radius 2 is 0.718 bits per heavy atom. The van der Waals surface area contributed by atoms with E-state index in [4.69, 9.17) is 18.9 Å². The molecule has 10 nitrogen and oxygen atoms in total. The molecule has 0 aliphatic heterocycles. The van der Waals surface area contributed by atoms with Crippen LogP contribution in [0.3, 0.4) is 0 Å². The van der Waals surface area contributed by atoms with E-state index in [0.717, 1.165) is 69.9 Å². The van der Waals surface area contributed by atoms with E-state index in [0.29, 0.717) is 47.2 Å². The van der Waals surface area contributed by atoms with Crippen LogP contribution in [-0.4, -0.2) is 37.0 Å². The maximum absolute atomic E-state index is 15.0. The van der Waals surface area contributed by atoms with Crippen molar-refractivity contribution in [2.75, 3.05) is 23.8 Å². The summed E-state index contributed by atoms with van der Waals surface area (Å²) >= 11 is 0. The van der Waals surface area contributed by atoms with E-state index in [-0.39, 0.29) is 11.8 Å². The number of carbonyl (C=O) groups excluding carboxylic acids is 4. The van der Waals surface area contributed by atoms with E-state index >= 15 is 0 Å². The van der Waals surface area contributed by atoms with Crippen LogP contribution >= 0.6 is 0 Å². The highest BCUT2D eigenvalue weighted by atomic mass is 16.5.